The first-order valence-electron chi connectivity index (χ1n) is 7.35. The fourth-order valence-electron chi connectivity index (χ4n) is 2.30. The molecule has 1 aliphatic rings. The van der Waals surface area contributed by atoms with Gasteiger partial charge in [0.2, 0.25) is 5.91 Å². The number of nitrogens with one attached hydrogen (secondary N) is 2. The molecule has 2 heterocycles. The third-order valence-corrected chi connectivity index (χ3v) is 3.28. The lowest BCUT2D eigenvalue weighted by atomic mass is 10.4. The Kier molecular flexibility index (Phi) is 5.74. The van der Waals surface area contributed by atoms with Crippen molar-refractivity contribution in [3.05, 3.63) is 11.9 Å². The summed E-state index contributed by atoms with van der Waals surface area (Å²) >= 11 is 0. The topological polar surface area (TPSA) is 79.4 Å². The van der Waals surface area contributed by atoms with E-state index in [-0.39, 0.29) is 12.5 Å². The van der Waals surface area contributed by atoms with Crippen LogP contribution in [0.15, 0.2) is 6.07 Å². The van der Waals surface area contributed by atoms with Crippen LogP contribution in [0.3, 0.4) is 0 Å². The lowest BCUT2D eigenvalue weighted by Gasteiger charge is -2.16. The number of nitrogens with zero attached hydrogens (tertiary/aromatic N) is 3. The summed E-state index contributed by atoms with van der Waals surface area (Å²) in [7, 11) is 1.60. The van der Waals surface area contributed by atoms with Gasteiger partial charge in [-0.15, -0.1) is 0 Å². The van der Waals surface area contributed by atoms with E-state index in [1.54, 1.807) is 13.2 Å². The SMILES string of the molecule is CCNc1cc(NCC(=O)N2CCCC2)nc(COC)n1. The number of methoxy groups -OCH3 is 1. The Morgan fingerprint density at radius 1 is 1.29 bits per heavy atom. The van der Waals surface area contributed by atoms with Crippen LogP contribution in [0.25, 0.3) is 0 Å². The van der Waals surface area contributed by atoms with Crippen LogP contribution in [0, 0.1) is 0 Å². The molecule has 21 heavy (non-hydrogen) atoms. The number of amides is 1. The van der Waals surface area contributed by atoms with Gasteiger partial charge in [0.25, 0.3) is 0 Å². The van der Waals surface area contributed by atoms with Gasteiger partial charge in [-0.1, -0.05) is 0 Å². The number of rotatable bonds is 7. The maximum atomic E-state index is 12.0. The van der Waals surface area contributed by atoms with Crippen LogP contribution in [0.5, 0.6) is 0 Å². The number of ether oxygens (including phenoxy) is 1. The van der Waals surface area contributed by atoms with Gasteiger partial charge in [-0.3, -0.25) is 4.79 Å². The Balaban J connectivity index is 1.98. The normalized spacial score (nSPS) is 14.3. The minimum Gasteiger partial charge on any atom is -0.377 e. The number of likely N-dealkylation sites (tertiary alicyclic amines) is 1. The van der Waals surface area contributed by atoms with Crippen molar-refractivity contribution in [2.75, 3.05) is 43.9 Å². The number of aromatic nitrogens is 2. The van der Waals surface area contributed by atoms with Gasteiger partial charge < -0.3 is 20.3 Å². The molecule has 0 bridgehead atoms. The third-order valence-electron chi connectivity index (χ3n) is 3.28. The molecule has 0 saturated carbocycles. The summed E-state index contributed by atoms with van der Waals surface area (Å²) in [4.78, 5) is 22.6. The van der Waals surface area contributed by atoms with E-state index in [4.69, 9.17) is 4.74 Å². The minimum atomic E-state index is 0.115. The molecular weight excluding hydrogens is 270 g/mol. The molecule has 1 aromatic rings. The second-order valence-electron chi connectivity index (χ2n) is 4.96. The maximum absolute atomic E-state index is 12.0. The summed E-state index contributed by atoms with van der Waals surface area (Å²) in [5.41, 5.74) is 0. The first-order valence-corrected chi connectivity index (χ1v) is 7.35. The molecule has 2 N–H and O–H groups in total. The van der Waals surface area contributed by atoms with Crippen LogP contribution < -0.4 is 10.6 Å². The summed E-state index contributed by atoms with van der Waals surface area (Å²) < 4.78 is 5.07. The first kappa shape index (κ1) is 15.5. The highest BCUT2D eigenvalue weighted by atomic mass is 16.5. The molecular formula is C14H23N5O2. The molecule has 1 aliphatic heterocycles. The first-order chi connectivity index (χ1) is 10.2. The maximum Gasteiger partial charge on any atom is 0.241 e. The number of hydrogen-bond donors (Lipinski definition) is 2. The molecule has 7 nitrogen and oxygen atoms in total. The van der Waals surface area contributed by atoms with Crippen molar-refractivity contribution in [1.82, 2.24) is 14.9 Å². The Hall–Kier alpha value is -1.89. The van der Waals surface area contributed by atoms with Gasteiger partial charge in [0, 0.05) is 32.8 Å². The van der Waals surface area contributed by atoms with Crippen LogP contribution in [0.4, 0.5) is 11.6 Å². The highest BCUT2D eigenvalue weighted by Crippen LogP contribution is 2.13. The molecule has 1 saturated heterocycles. The fraction of sp³-hybridized carbons (Fsp3) is 0.643. The van der Waals surface area contributed by atoms with Gasteiger partial charge in [0.1, 0.15) is 18.2 Å². The fourth-order valence-corrected chi connectivity index (χ4v) is 2.30. The second-order valence-corrected chi connectivity index (χ2v) is 4.96. The predicted molar refractivity (Wildman–Crippen MR) is 81.2 cm³/mol. The molecule has 0 atom stereocenters. The summed E-state index contributed by atoms with van der Waals surface area (Å²) in [5.74, 6) is 2.08. The minimum absolute atomic E-state index is 0.115. The van der Waals surface area contributed by atoms with E-state index in [9.17, 15) is 4.79 Å². The molecule has 0 aliphatic carbocycles. The van der Waals surface area contributed by atoms with E-state index in [1.165, 1.54) is 0 Å². The van der Waals surface area contributed by atoms with E-state index in [0.717, 1.165) is 38.3 Å². The van der Waals surface area contributed by atoms with E-state index < -0.39 is 0 Å². The molecule has 1 aromatic heterocycles. The van der Waals surface area contributed by atoms with E-state index >= 15 is 0 Å². The van der Waals surface area contributed by atoms with Crippen molar-refractivity contribution in [3.63, 3.8) is 0 Å². The molecule has 7 heteroatoms. The van der Waals surface area contributed by atoms with E-state index in [2.05, 4.69) is 20.6 Å². The Morgan fingerprint density at radius 2 is 1.95 bits per heavy atom. The molecule has 1 amide bonds. The van der Waals surface area contributed by atoms with E-state index in [0.29, 0.717) is 18.2 Å². The Labute approximate surface area is 125 Å². The lowest BCUT2D eigenvalue weighted by Crippen LogP contribution is -2.33. The number of carbonyl (C=O) groups is 1. The quantitative estimate of drug-likeness (QED) is 0.783. The third kappa shape index (κ3) is 4.56. The van der Waals surface area contributed by atoms with Crippen molar-refractivity contribution in [1.29, 1.82) is 0 Å². The van der Waals surface area contributed by atoms with Gasteiger partial charge in [-0.2, -0.15) is 0 Å². The van der Waals surface area contributed by atoms with Gasteiger partial charge in [0.15, 0.2) is 5.82 Å². The smallest absolute Gasteiger partial charge is 0.241 e. The van der Waals surface area contributed by atoms with Crippen LogP contribution in [0.1, 0.15) is 25.6 Å². The molecule has 0 radical (unpaired) electrons. The molecule has 0 unspecified atom stereocenters. The van der Waals surface area contributed by atoms with E-state index in [1.807, 2.05) is 11.8 Å². The highest BCUT2D eigenvalue weighted by molar-refractivity contribution is 5.80. The van der Waals surface area contributed by atoms with Gasteiger partial charge in [-0.25, -0.2) is 9.97 Å². The number of carbonyl (C=O) groups excluding carboxylic acids is 1. The van der Waals surface area contributed by atoms with Crippen molar-refractivity contribution >= 4 is 17.5 Å². The summed E-state index contributed by atoms with van der Waals surface area (Å²) in [6.07, 6.45) is 2.20. The average Bonchev–Trinajstić information content (AvgIpc) is 2.99. The number of hydrogen-bond acceptors (Lipinski definition) is 6. The predicted octanol–water partition coefficient (Wildman–Crippen LogP) is 1.09. The van der Waals surface area contributed by atoms with Crippen LogP contribution in [0.2, 0.25) is 0 Å². The Bertz CT molecular complexity index is 450. The van der Waals surface area contributed by atoms with Crippen LogP contribution in [-0.2, 0) is 16.1 Å². The van der Waals surface area contributed by atoms with Gasteiger partial charge in [0.05, 0.1) is 6.54 Å². The second kappa shape index (κ2) is 7.78. The summed E-state index contributed by atoms with van der Waals surface area (Å²) in [6.45, 7) is 5.10. The van der Waals surface area contributed by atoms with Crippen molar-refractivity contribution in [2.45, 2.75) is 26.4 Å². The molecule has 1 fully saturated rings. The molecule has 0 aromatic carbocycles. The molecule has 2 rings (SSSR count). The molecule has 116 valence electrons. The lowest BCUT2D eigenvalue weighted by molar-refractivity contribution is -0.128. The van der Waals surface area contributed by atoms with Crippen molar-refractivity contribution < 1.29 is 9.53 Å². The van der Waals surface area contributed by atoms with Gasteiger partial charge in [-0.05, 0) is 19.8 Å². The zero-order valence-electron chi connectivity index (χ0n) is 12.7. The standard InChI is InChI=1S/C14H23N5O2/c1-3-15-11-8-12(18-13(17-11)10-21-2)16-9-14(20)19-6-4-5-7-19/h8H,3-7,9-10H2,1-2H3,(H2,15,16,17,18). The van der Waals surface area contributed by atoms with Crippen LogP contribution >= 0.6 is 0 Å². The molecule has 0 spiro atoms. The summed E-state index contributed by atoms with van der Waals surface area (Å²) in [6, 6.07) is 1.81. The highest BCUT2D eigenvalue weighted by Gasteiger charge is 2.17. The Morgan fingerprint density at radius 3 is 2.57 bits per heavy atom. The zero-order valence-corrected chi connectivity index (χ0v) is 12.7. The number of anilines is 2. The van der Waals surface area contributed by atoms with Crippen molar-refractivity contribution in [2.24, 2.45) is 0 Å². The van der Waals surface area contributed by atoms with Gasteiger partial charge >= 0.3 is 0 Å². The monoisotopic (exact) mass is 293 g/mol. The summed E-state index contributed by atoms with van der Waals surface area (Å²) in [5, 5.41) is 6.23. The van der Waals surface area contributed by atoms with Crippen molar-refractivity contribution in [3.8, 4) is 0 Å². The largest absolute Gasteiger partial charge is 0.377 e. The van der Waals surface area contributed by atoms with Crippen LogP contribution in [-0.4, -0.2) is 54.1 Å². The average molecular weight is 293 g/mol. The zero-order chi connectivity index (χ0) is 15.1.